The average Bonchev–Trinajstić information content (AvgIpc) is 2.80. The summed E-state index contributed by atoms with van der Waals surface area (Å²) in [5, 5.41) is 16.6. The first-order valence-corrected chi connectivity index (χ1v) is 8.35. The van der Waals surface area contributed by atoms with E-state index in [-0.39, 0.29) is 16.7 Å². The summed E-state index contributed by atoms with van der Waals surface area (Å²) in [5.74, 6) is -0.00945. The molecule has 0 spiro atoms. The summed E-state index contributed by atoms with van der Waals surface area (Å²) >= 11 is 6.15. The van der Waals surface area contributed by atoms with Crippen molar-refractivity contribution in [1.29, 1.82) is 0 Å². The highest BCUT2D eigenvalue weighted by Gasteiger charge is 2.71. The first-order chi connectivity index (χ1) is 10.7. The molecule has 2 bridgehead atoms. The Balaban J connectivity index is 1.94. The third kappa shape index (κ3) is 1.97. The first kappa shape index (κ1) is 16.3. The Labute approximate surface area is 141 Å². The van der Waals surface area contributed by atoms with E-state index in [0.29, 0.717) is 17.1 Å². The standard InChI is InChI=1S/C18H23ClN2O2/c1-11-5-6-12(9-13(11)19)20-15(22)18-8-7-17(4,16(18,2)3)14(10-18)21-23/h5-6,9,23H,7-8,10H2,1-4H3,(H,20,22). The van der Waals surface area contributed by atoms with Crippen molar-refractivity contribution < 1.29 is 10.0 Å². The van der Waals surface area contributed by atoms with Crippen LogP contribution in [0.15, 0.2) is 23.4 Å². The van der Waals surface area contributed by atoms with Gasteiger partial charge in [-0.3, -0.25) is 4.79 Å². The minimum absolute atomic E-state index is 0.00945. The van der Waals surface area contributed by atoms with Crippen molar-refractivity contribution in [2.24, 2.45) is 21.4 Å². The fourth-order valence-electron chi connectivity index (χ4n) is 4.46. The molecular formula is C18H23ClN2O2. The number of anilines is 1. The van der Waals surface area contributed by atoms with Crippen molar-refractivity contribution >= 4 is 28.9 Å². The van der Waals surface area contributed by atoms with Gasteiger partial charge in [-0.05, 0) is 42.9 Å². The van der Waals surface area contributed by atoms with Crippen molar-refractivity contribution in [3.63, 3.8) is 0 Å². The first-order valence-electron chi connectivity index (χ1n) is 7.97. The Morgan fingerprint density at radius 3 is 2.57 bits per heavy atom. The number of oxime groups is 1. The highest BCUT2D eigenvalue weighted by Crippen LogP contribution is 2.71. The number of nitrogens with zero attached hydrogens (tertiary/aromatic N) is 1. The number of carbonyl (C=O) groups is 1. The molecule has 1 amide bonds. The topological polar surface area (TPSA) is 61.7 Å². The van der Waals surface area contributed by atoms with Gasteiger partial charge in [0.1, 0.15) is 0 Å². The molecule has 2 N–H and O–H groups in total. The van der Waals surface area contributed by atoms with Gasteiger partial charge in [0, 0.05) is 22.5 Å². The quantitative estimate of drug-likeness (QED) is 0.611. The van der Waals surface area contributed by atoms with E-state index < -0.39 is 5.41 Å². The van der Waals surface area contributed by atoms with E-state index in [1.807, 2.05) is 19.1 Å². The van der Waals surface area contributed by atoms with Crippen LogP contribution in [0.5, 0.6) is 0 Å². The molecule has 1 aromatic carbocycles. The van der Waals surface area contributed by atoms with Gasteiger partial charge >= 0.3 is 0 Å². The molecule has 5 heteroatoms. The summed E-state index contributed by atoms with van der Waals surface area (Å²) < 4.78 is 0. The van der Waals surface area contributed by atoms with Crippen LogP contribution in [0.2, 0.25) is 5.02 Å². The van der Waals surface area contributed by atoms with Gasteiger partial charge < -0.3 is 10.5 Å². The molecule has 0 heterocycles. The molecular weight excluding hydrogens is 312 g/mol. The molecule has 0 saturated heterocycles. The molecule has 3 rings (SSSR count). The predicted molar refractivity (Wildman–Crippen MR) is 92.2 cm³/mol. The Morgan fingerprint density at radius 2 is 2.00 bits per heavy atom. The molecule has 1 aromatic rings. The Morgan fingerprint density at radius 1 is 1.30 bits per heavy atom. The second kappa shape index (κ2) is 4.97. The van der Waals surface area contributed by atoms with E-state index in [1.54, 1.807) is 6.07 Å². The van der Waals surface area contributed by atoms with Crippen molar-refractivity contribution in [2.45, 2.75) is 47.0 Å². The van der Waals surface area contributed by atoms with Crippen molar-refractivity contribution in [3.05, 3.63) is 28.8 Å². The average molecular weight is 335 g/mol. The van der Waals surface area contributed by atoms with Gasteiger partial charge in [0.05, 0.1) is 11.1 Å². The van der Waals surface area contributed by atoms with Gasteiger partial charge in [0.2, 0.25) is 5.91 Å². The molecule has 4 nitrogen and oxygen atoms in total. The van der Waals surface area contributed by atoms with Crippen LogP contribution in [0.25, 0.3) is 0 Å². The Hall–Kier alpha value is -1.55. The normalized spacial score (nSPS) is 33.2. The lowest BCUT2D eigenvalue weighted by Crippen LogP contribution is -2.43. The summed E-state index contributed by atoms with van der Waals surface area (Å²) in [6.07, 6.45) is 2.18. The van der Waals surface area contributed by atoms with E-state index in [0.717, 1.165) is 24.1 Å². The number of carbonyl (C=O) groups excluding carboxylic acids is 1. The number of halogens is 1. The maximum absolute atomic E-state index is 13.1. The number of hydrogen-bond donors (Lipinski definition) is 2. The summed E-state index contributed by atoms with van der Waals surface area (Å²) in [7, 11) is 0. The number of amides is 1. The van der Waals surface area contributed by atoms with Gasteiger partial charge in [0.25, 0.3) is 0 Å². The molecule has 2 saturated carbocycles. The molecule has 2 unspecified atom stereocenters. The van der Waals surface area contributed by atoms with Crippen LogP contribution in [0.4, 0.5) is 5.69 Å². The number of aryl methyl sites for hydroxylation is 1. The molecule has 2 aliphatic carbocycles. The predicted octanol–water partition coefficient (Wildman–Crippen LogP) is 4.63. The van der Waals surface area contributed by atoms with Gasteiger partial charge in [-0.2, -0.15) is 0 Å². The zero-order valence-electron chi connectivity index (χ0n) is 14.0. The second-order valence-corrected chi connectivity index (χ2v) is 8.09. The smallest absolute Gasteiger partial charge is 0.231 e. The van der Waals surface area contributed by atoms with Crippen molar-refractivity contribution in [2.75, 3.05) is 5.32 Å². The molecule has 124 valence electrons. The summed E-state index contributed by atoms with van der Waals surface area (Å²) in [6, 6.07) is 5.55. The lowest BCUT2D eigenvalue weighted by Gasteiger charge is -2.39. The van der Waals surface area contributed by atoms with E-state index in [4.69, 9.17) is 11.6 Å². The van der Waals surface area contributed by atoms with E-state index in [2.05, 4.69) is 31.2 Å². The van der Waals surface area contributed by atoms with Crippen molar-refractivity contribution in [1.82, 2.24) is 0 Å². The van der Waals surface area contributed by atoms with Crippen LogP contribution >= 0.6 is 11.6 Å². The third-order valence-electron chi connectivity index (χ3n) is 6.72. The Bertz CT molecular complexity index is 713. The molecule has 0 radical (unpaired) electrons. The SMILES string of the molecule is Cc1ccc(NC(=O)C23CCC(C)(C(=NO)C2)C3(C)C)cc1Cl. The van der Waals surface area contributed by atoms with Crippen molar-refractivity contribution in [3.8, 4) is 0 Å². The van der Waals surface area contributed by atoms with Gasteiger partial charge in [-0.1, -0.05) is 43.6 Å². The summed E-state index contributed by atoms with van der Waals surface area (Å²) in [6.45, 7) is 8.26. The number of hydrogen-bond acceptors (Lipinski definition) is 3. The summed E-state index contributed by atoms with van der Waals surface area (Å²) in [5.41, 5.74) is 1.39. The van der Waals surface area contributed by atoms with Crippen LogP contribution in [0.3, 0.4) is 0 Å². The highest BCUT2D eigenvalue weighted by atomic mass is 35.5. The van der Waals surface area contributed by atoms with E-state index >= 15 is 0 Å². The number of fused-ring (bicyclic) bond motifs is 2. The van der Waals surface area contributed by atoms with E-state index in [9.17, 15) is 10.0 Å². The monoisotopic (exact) mass is 334 g/mol. The third-order valence-corrected chi connectivity index (χ3v) is 7.13. The molecule has 0 aliphatic heterocycles. The van der Waals surface area contributed by atoms with Crippen LogP contribution in [-0.4, -0.2) is 16.8 Å². The lowest BCUT2D eigenvalue weighted by atomic mass is 9.64. The molecule has 2 atom stereocenters. The number of nitrogens with one attached hydrogen (secondary N) is 1. The maximum Gasteiger partial charge on any atom is 0.231 e. The number of rotatable bonds is 2. The molecule has 23 heavy (non-hydrogen) atoms. The van der Waals surface area contributed by atoms with Crippen LogP contribution < -0.4 is 5.32 Å². The van der Waals surface area contributed by atoms with Crippen LogP contribution in [0.1, 0.15) is 45.6 Å². The van der Waals surface area contributed by atoms with Crippen LogP contribution in [0, 0.1) is 23.2 Å². The molecule has 2 aliphatic rings. The molecule has 0 aromatic heterocycles. The second-order valence-electron chi connectivity index (χ2n) is 7.68. The van der Waals surface area contributed by atoms with Gasteiger partial charge in [-0.15, -0.1) is 0 Å². The van der Waals surface area contributed by atoms with Gasteiger partial charge in [-0.25, -0.2) is 0 Å². The lowest BCUT2D eigenvalue weighted by molar-refractivity contribution is -0.130. The zero-order valence-corrected chi connectivity index (χ0v) is 14.8. The minimum atomic E-state index is -0.541. The summed E-state index contributed by atoms with van der Waals surface area (Å²) in [4.78, 5) is 13.1. The largest absolute Gasteiger partial charge is 0.411 e. The van der Waals surface area contributed by atoms with E-state index in [1.165, 1.54) is 0 Å². The highest BCUT2D eigenvalue weighted by molar-refractivity contribution is 6.31. The minimum Gasteiger partial charge on any atom is -0.411 e. The maximum atomic E-state index is 13.1. The van der Waals surface area contributed by atoms with Crippen LogP contribution in [-0.2, 0) is 4.79 Å². The molecule has 2 fully saturated rings. The zero-order chi connectivity index (χ0) is 17.0. The van der Waals surface area contributed by atoms with Gasteiger partial charge in [0.15, 0.2) is 0 Å². The number of benzene rings is 1. The Kier molecular flexibility index (Phi) is 3.53. The fraction of sp³-hybridized carbons (Fsp3) is 0.556. The fourth-order valence-corrected chi connectivity index (χ4v) is 4.64.